The molecule has 0 saturated heterocycles. The molecular formula is C8H12N4OS. The highest BCUT2D eigenvalue weighted by Crippen LogP contribution is 2.14. The van der Waals surface area contributed by atoms with Gasteiger partial charge in [0.1, 0.15) is 5.75 Å². The van der Waals surface area contributed by atoms with E-state index in [4.69, 9.17) is 22.8 Å². The molecule has 0 heterocycles. The van der Waals surface area contributed by atoms with Crippen LogP contribution >= 0.6 is 12.2 Å². The average molecular weight is 212 g/mol. The van der Waals surface area contributed by atoms with Crippen molar-refractivity contribution in [1.29, 1.82) is 0 Å². The molecule has 1 aromatic rings. The maximum Gasteiger partial charge on any atom is 0.186 e. The lowest BCUT2D eigenvalue weighted by Crippen LogP contribution is -2.44. The lowest BCUT2D eigenvalue weighted by atomic mass is 10.3. The summed E-state index contributed by atoms with van der Waals surface area (Å²) in [5.41, 5.74) is 5.63. The van der Waals surface area contributed by atoms with Crippen molar-refractivity contribution in [3.8, 4) is 5.75 Å². The zero-order valence-electron chi connectivity index (χ0n) is 7.70. The van der Waals surface area contributed by atoms with E-state index in [0.717, 1.165) is 11.4 Å². The van der Waals surface area contributed by atoms with Gasteiger partial charge in [-0.3, -0.25) is 11.3 Å². The molecule has 0 fully saturated rings. The van der Waals surface area contributed by atoms with Crippen molar-refractivity contribution in [2.45, 2.75) is 0 Å². The van der Waals surface area contributed by atoms with Crippen molar-refractivity contribution < 1.29 is 4.74 Å². The van der Waals surface area contributed by atoms with Gasteiger partial charge in [0.2, 0.25) is 0 Å². The molecule has 0 radical (unpaired) electrons. The number of rotatable bonds is 3. The van der Waals surface area contributed by atoms with Crippen LogP contribution in [0.3, 0.4) is 0 Å². The number of hydrazine groups is 2. The van der Waals surface area contributed by atoms with E-state index in [9.17, 15) is 0 Å². The summed E-state index contributed by atoms with van der Waals surface area (Å²) in [6.07, 6.45) is 0. The normalized spacial score (nSPS) is 9.29. The Balaban J connectivity index is 2.55. The first-order chi connectivity index (χ1) is 6.76. The Morgan fingerprint density at radius 1 is 1.36 bits per heavy atom. The third-order valence-corrected chi connectivity index (χ3v) is 1.74. The van der Waals surface area contributed by atoms with Crippen LogP contribution in [0.5, 0.6) is 5.75 Å². The molecule has 76 valence electrons. The summed E-state index contributed by atoms with van der Waals surface area (Å²) in [7, 11) is 1.62. The SMILES string of the molecule is COc1ccc(NC(=S)NNN)cc1. The van der Waals surface area contributed by atoms with E-state index < -0.39 is 0 Å². The van der Waals surface area contributed by atoms with Crippen LogP contribution in [0.2, 0.25) is 0 Å². The molecule has 0 amide bonds. The van der Waals surface area contributed by atoms with Crippen LogP contribution in [-0.2, 0) is 0 Å². The fourth-order valence-corrected chi connectivity index (χ4v) is 1.08. The van der Waals surface area contributed by atoms with Gasteiger partial charge in [-0.15, -0.1) is 0 Å². The van der Waals surface area contributed by atoms with Gasteiger partial charge in [0.25, 0.3) is 0 Å². The molecule has 0 aliphatic rings. The van der Waals surface area contributed by atoms with Crippen molar-refractivity contribution >= 4 is 23.0 Å². The zero-order valence-corrected chi connectivity index (χ0v) is 8.52. The summed E-state index contributed by atoms with van der Waals surface area (Å²) in [5.74, 6) is 5.82. The molecule has 14 heavy (non-hydrogen) atoms. The van der Waals surface area contributed by atoms with Crippen LogP contribution in [0.15, 0.2) is 24.3 Å². The number of nitrogens with two attached hydrogens (primary N) is 1. The smallest absolute Gasteiger partial charge is 0.186 e. The fourth-order valence-electron chi connectivity index (χ4n) is 0.902. The number of hydrogen-bond acceptors (Lipinski definition) is 4. The Bertz CT molecular complexity index is 301. The van der Waals surface area contributed by atoms with Crippen LogP contribution in [0, 0.1) is 0 Å². The molecule has 0 spiro atoms. The molecule has 5 nitrogen and oxygen atoms in total. The number of hydrogen-bond donors (Lipinski definition) is 4. The minimum atomic E-state index is 0.401. The Labute approximate surface area is 87.6 Å². The predicted molar refractivity (Wildman–Crippen MR) is 59.7 cm³/mol. The van der Waals surface area contributed by atoms with Gasteiger partial charge in [0.15, 0.2) is 5.11 Å². The van der Waals surface area contributed by atoms with E-state index in [1.54, 1.807) is 7.11 Å². The van der Waals surface area contributed by atoms with Crippen LogP contribution < -0.4 is 26.9 Å². The molecule has 1 rings (SSSR count). The number of ether oxygens (including phenoxy) is 1. The third kappa shape index (κ3) is 3.17. The quantitative estimate of drug-likeness (QED) is 0.329. The minimum Gasteiger partial charge on any atom is -0.497 e. The molecule has 6 heteroatoms. The van der Waals surface area contributed by atoms with Gasteiger partial charge in [-0.25, -0.2) is 0 Å². The molecule has 0 aliphatic heterocycles. The second-order valence-electron chi connectivity index (χ2n) is 2.45. The van der Waals surface area contributed by atoms with Crippen molar-refractivity contribution in [3.63, 3.8) is 0 Å². The number of thiocarbonyl (C=S) groups is 1. The summed E-state index contributed by atoms with van der Waals surface area (Å²) >= 11 is 4.90. The Hall–Kier alpha value is -1.37. The summed E-state index contributed by atoms with van der Waals surface area (Å²) < 4.78 is 5.01. The Morgan fingerprint density at radius 2 is 2.00 bits per heavy atom. The van der Waals surface area contributed by atoms with Crippen LogP contribution in [0.4, 0.5) is 5.69 Å². The van der Waals surface area contributed by atoms with Gasteiger partial charge in [-0.2, -0.15) is 5.53 Å². The molecule has 1 aromatic carbocycles. The van der Waals surface area contributed by atoms with E-state index in [0.29, 0.717) is 5.11 Å². The molecule has 0 bridgehead atoms. The summed E-state index contributed by atoms with van der Waals surface area (Å²) in [6, 6.07) is 7.37. The number of methoxy groups -OCH3 is 1. The lowest BCUT2D eigenvalue weighted by Gasteiger charge is -2.09. The van der Waals surface area contributed by atoms with Gasteiger partial charge in [-0.05, 0) is 36.5 Å². The molecule has 0 atom stereocenters. The maximum absolute atomic E-state index is 5.02. The maximum atomic E-state index is 5.02. The highest BCUT2D eigenvalue weighted by atomic mass is 32.1. The number of anilines is 1. The van der Waals surface area contributed by atoms with Gasteiger partial charge in [0.05, 0.1) is 7.11 Å². The number of benzene rings is 1. The largest absolute Gasteiger partial charge is 0.497 e. The summed E-state index contributed by atoms with van der Waals surface area (Å²) in [5, 5.41) is 3.32. The van der Waals surface area contributed by atoms with E-state index in [1.165, 1.54) is 0 Å². The van der Waals surface area contributed by atoms with Gasteiger partial charge >= 0.3 is 0 Å². The number of nitrogens with one attached hydrogen (secondary N) is 3. The van der Waals surface area contributed by atoms with E-state index >= 15 is 0 Å². The first-order valence-electron chi connectivity index (χ1n) is 3.93. The van der Waals surface area contributed by atoms with Crippen molar-refractivity contribution in [1.82, 2.24) is 11.0 Å². The summed E-state index contributed by atoms with van der Waals surface area (Å²) in [4.78, 5) is 0. The first-order valence-corrected chi connectivity index (χ1v) is 4.33. The third-order valence-electron chi connectivity index (χ3n) is 1.53. The van der Waals surface area contributed by atoms with E-state index in [-0.39, 0.29) is 0 Å². The highest BCUT2D eigenvalue weighted by Gasteiger charge is 1.96. The van der Waals surface area contributed by atoms with Gasteiger partial charge < -0.3 is 10.1 Å². The molecular weight excluding hydrogens is 200 g/mol. The van der Waals surface area contributed by atoms with Crippen molar-refractivity contribution in [2.75, 3.05) is 12.4 Å². The topological polar surface area (TPSA) is 71.3 Å². The standard InChI is InChI=1S/C8H12N4OS/c1-13-7-4-2-6(3-5-7)10-8(14)11-12-9/h2-5,12H,9H2,1H3,(H2,10,11,14). The molecule has 0 unspecified atom stereocenters. The lowest BCUT2D eigenvalue weighted by molar-refractivity contribution is 0.415. The van der Waals surface area contributed by atoms with Crippen LogP contribution in [0.1, 0.15) is 0 Å². The first kappa shape index (κ1) is 10.7. The van der Waals surface area contributed by atoms with E-state index in [2.05, 4.69) is 16.3 Å². The molecule has 0 aromatic heterocycles. The molecule has 5 N–H and O–H groups in total. The van der Waals surface area contributed by atoms with Gasteiger partial charge in [0, 0.05) is 5.69 Å². The second kappa shape index (κ2) is 5.38. The molecule has 0 aliphatic carbocycles. The zero-order chi connectivity index (χ0) is 10.4. The average Bonchev–Trinajstić information content (AvgIpc) is 2.19. The van der Waals surface area contributed by atoms with E-state index in [1.807, 2.05) is 24.3 Å². The minimum absolute atomic E-state index is 0.401. The fraction of sp³-hybridized carbons (Fsp3) is 0.125. The summed E-state index contributed by atoms with van der Waals surface area (Å²) in [6.45, 7) is 0. The van der Waals surface area contributed by atoms with Crippen LogP contribution in [0.25, 0.3) is 0 Å². The predicted octanol–water partition coefficient (Wildman–Crippen LogP) is 0.360. The Kier molecular flexibility index (Phi) is 4.11. The Morgan fingerprint density at radius 3 is 2.50 bits per heavy atom. The highest BCUT2D eigenvalue weighted by molar-refractivity contribution is 7.80. The van der Waals surface area contributed by atoms with Crippen molar-refractivity contribution in [3.05, 3.63) is 24.3 Å². The van der Waals surface area contributed by atoms with Gasteiger partial charge in [-0.1, -0.05) is 0 Å². The van der Waals surface area contributed by atoms with Crippen molar-refractivity contribution in [2.24, 2.45) is 5.84 Å². The molecule has 0 saturated carbocycles. The monoisotopic (exact) mass is 212 g/mol. The van der Waals surface area contributed by atoms with Crippen LogP contribution in [-0.4, -0.2) is 12.2 Å². The second-order valence-corrected chi connectivity index (χ2v) is 2.86.